The molecule has 294 valence electrons. The summed E-state index contributed by atoms with van der Waals surface area (Å²) < 4.78 is 6.85. The molecule has 12 rings (SSSR count). The van der Waals surface area contributed by atoms with E-state index in [0.29, 0.717) is 5.71 Å². The Balaban J connectivity index is 1.10. The number of para-hydroxylation sites is 4. The van der Waals surface area contributed by atoms with Crippen molar-refractivity contribution in [3.05, 3.63) is 223 Å². The smallest absolute Gasteiger partial charge is 0.246 e. The van der Waals surface area contributed by atoms with E-state index in [1.54, 1.807) is 0 Å². The molecule has 2 aromatic heterocycles. The predicted octanol–water partition coefficient (Wildman–Crippen LogP) is 11.8. The minimum absolute atomic E-state index is 0.148. The maximum Gasteiger partial charge on any atom is 0.246 e. The first-order valence-corrected chi connectivity index (χ1v) is 23.3. The van der Waals surface area contributed by atoms with E-state index in [0.717, 1.165) is 55.1 Å². The minimum atomic E-state index is -2.72. The molecule has 0 atom stereocenters. The Hall–Kier alpha value is -7.60. The van der Waals surface area contributed by atoms with Gasteiger partial charge in [0, 0.05) is 16.7 Å². The van der Waals surface area contributed by atoms with Gasteiger partial charge in [-0.3, -0.25) is 0 Å². The van der Waals surface area contributed by atoms with Crippen molar-refractivity contribution in [1.29, 1.82) is 0 Å². The summed E-state index contributed by atoms with van der Waals surface area (Å²) >= 11 is 0. The van der Waals surface area contributed by atoms with E-state index >= 15 is 0 Å². The van der Waals surface area contributed by atoms with Gasteiger partial charge in [0.1, 0.15) is 11.1 Å². The third-order valence-electron chi connectivity index (χ3n) is 13.2. The summed E-state index contributed by atoms with van der Waals surface area (Å²) in [6, 6.07) is 77.4. The molecule has 0 bridgehead atoms. The average Bonchev–Trinajstić information content (AvgIpc) is 3.70. The van der Waals surface area contributed by atoms with E-state index < -0.39 is 8.07 Å². The summed E-state index contributed by atoms with van der Waals surface area (Å²) in [4.78, 5) is 12.7. The van der Waals surface area contributed by atoms with Crippen LogP contribution in [-0.2, 0) is 5.41 Å². The van der Waals surface area contributed by atoms with Gasteiger partial charge in [-0.25, -0.2) is 9.97 Å². The van der Waals surface area contributed by atoms with E-state index in [4.69, 9.17) is 14.4 Å². The van der Waals surface area contributed by atoms with Gasteiger partial charge in [0.05, 0.1) is 27.8 Å². The highest BCUT2D eigenvalue weighted by atomic mass is 28.3. The molecule has 0 saturated carbocycles. The Morgan fingerprint density at radius 3 is 1.56 bits per heavy atom. The molecule has 9 aromatic carbocycles. The number of fused-ring (bicyclic) bond motifs is 8. The molecule has 11 aromatic rings. The third-order valence-corrected chi connectivity index (χ3v) is 18.0. The summed E-state index contributed by atoms with van der Waals surface area (Å²) in [5.41, 5.74) is 11.8. The van der Waals surface area contributed by atoms with Crippen molar-refractivity contribution < 1.29 is 4.42 Å². The van der Waals surface area contributed by atoms with Gasteiger partial charge in [-0.1, -0.05) is 184 Å². The number of furan rings is 1. The van der Waals surface area contributed by atoms with Crippen LogP contribution in [0, 0.1) is 0 Å². The Morgan fingerprint density at radius 1 is 0.484 bits per heavy atom. The number of anilines is 3. The first-order valence-electron chi connectivity index (χ1n) is 21.3. The van der Waals surface area contributed by atoms with Gasteiger partial charge in [0.25, 0.3) is 0 Å². The molecule has 1 aliphatic heterocycles. The fraction of sp³-hybridized carbons (Fsp3) is 0.0526. The van der Waals surface area contributed by atoms with Gasteiger partial charge in [0.15, 0.2) is 8.07 Å². The third kappa shape index (κ3) is 5.38. The summed E-state index contributed by atoms with van der Waals surface area (Å²) in [7, 11) is -2.72. The van der Waals surface area contributed by atoms with Crippen molar-refractivity contribution in [3.63, 3.8) is 0 Å². The zero-order chi connectivity index (χ0) is 41.4. The zero-order valence-electron chi connectivity index (χ0n) is 34.5. The molecule has 5 heteroatoms. The minimum Gasteiger partial charge on any atom is -0.436 e. The lowest BCUT2D eigenvalue weighted by Gasteiger charge is -2.42. The van der Waals surface area contributed by atoms with Crippen LogP contribution in [0.3, 0.4) is 0 Å². The SMILES string of the molecule is CC1(C)c2ccccc2N(c2ccc3c(c2)cc(-c2ccc([Si](c4ccccc4)(c4ccccc4)c4ccccc4)cc2)c2oc4nc5ccccc5nc4c23)c2ccccc21. The van der Waals surface area contributed by atoms with Gasteiger partial charge in [0.2, 0.25) is 5.71 Å². The van der Waals surface area contributed by atoms with Crippen molar-refractivity contribution in [1.82, 2.24) is 9.97 Å². The van der Waals surface area contributed by atoms with Crippen LogP contribution >= 0.6 is 0 Å². The highest BCUT2D eigenvalue weighted by Crippen LogP contribution is 2.52. The molecule has 3 heterocycles. The van der Waals surface area contributed by atoms with Gasteiger partial charge in [-0.05, 0) is 90.7 Å². The highest BCUT2D eigenvalue weighted by Gasteiger charge is 2.41. The topological polar surface area (TPSA) is 42.2 Å². The molecule has 0 aliphatic carbocycles. The Morgan fingerprint density at radius 2 is 0.984 bits per heavy atom. The van der Waals surface area contributed by atoms with Crippen molar-refractivity contribution in [3.8, 4) is 11.1 Å². The molecule has 0 saturated heterocycles. The second-order valence-electron chi connectivity index (χ2n) is 16.9. The fourth-order valence-electron chi connectivity index (χ4n) is 10.3. The maximum absolute atomic E-state index is 6.85. The molecular weight excluding hydrogens is 771 g/mol. The zero-order valence-corrected chi connectivity index (χ0v) is 35.5. The van der Waals surface area contributed by atoms with E-state index in [1.807, 2.05) is 24.3 Å². The van der Waals surface area contributed by atoms with Gasteiger partial charge >= 0.3 is 0 Å². The Labute approximate surface area is 361 Å². The van der Waals surface area contributed by atoms with E-state index in [9.17, 15) is 0 Å². The second kappa shape index (κ2) is 14.0. The molecule has 4 nitrogen and oxygen atoms in total. The van der Waals surface area contributed by atoms with E-state index in [1.165, 1.54) is 43.2 Å². The maximum atomic E-state index is 6.85. The largest absolute Gasteiger partial charge is 0.436 e. The Bertz CT molecular complexity index is 3340. The number of nitrogens with zero attached hydrogens (tertiary/aromatic N) is 3. The molecule has 0 unspecified atom stereocenters. The number of hydrogen-bond donors (Lipinski definition) is 0. The molecule has 0 spiro atoms. The van der Waals surface area contributed by atoms with Crippen molar-refractivity contribution >= 4 is 89.9 Å². The Kier molecular flexibility index (Phi) is 8.18. The number of aromatic nitrogens is 2. The molecule has 62 heavy (non-hydrogen) atoms. The summed E-state index contributed by atoms with van der Waals surface area (Å²) in [5, 5.41) is 8.50. The van der Waals surface area contributed by atoms with Crippen LogP contribution in [0.25, 0.3) is 55.1 Å². The number of rotatable bonds is 6. The monoisotopic (exact) mass is 811 g/mol. The van der Waals surface area contributed by atoms with Crippen LogP contribution in [0.4, 0.5) is 17.1 Å². The lowest BCUT2D eigenvalue weighted by atomic mass is 9.73. The summed E-state index contributed by atoms with van der Waals surface area (Å²) in [5.74, 6) is 0. The predicted molar refractivity (Wildman–Crippen MR) is 260 cm³/mol. The molecule has 0 radical (unpaired) electrons. The first-order chi connectivity index (χ1) is 30.5. The molecule has 0 amide bonds. The van der Waals surface area contributed by atoms with Gasteiger partial charge in [-0.2, -0.15) is 0 Å². The van der Waals surface area contributed by atoms with Crippen LogP contribution in [-0.4, -0.2) is 18.0 Å². The number of benzene rings is 9. The number of hydrogen-bond acceptors (Lipinski definition) is 4. The standard InChI is InChI=1S/C57H41N3OSi/c1-57(2)47-24-12-16-28-51(47)60(52-29-17-13-25-48(52)57)40-32-35-45-39(36-40)37-46(55-53(45)54-56(61-55)59-50-27-15-14-26-49(50)58-54)38-30-33-44(34-31-38)62(41-18-6-3-7-19-41,42-20-8-4-9-21-42)43-22-10-5-11-23-43/h3-37H,1-2H3. The van der Waals surface area contributed by atoms with Crippen LogP contribution in [0.5, 0.6) is 0 Å². The van der Waals surface area contributed by atoms with Crippen molar-refractivity contribution in [2.45, 2.75) is 19.3 Å². The van der Waals surface area contributed by atoms with Crippen LogP contribution in [0.1, 0.15) is 25.0 Å². The van der Waals surface area contributed by atoms with Gasteiger partial charge in [-0.15, -0.1) is 0 Å². The van der Waals surface area contributed by atoms with Crippen LogP contribution in [0.2, 0.25) is 0 Å². The summed E-state index contributed by atoms with van der Waals surface area (Å²) in [6.07, 6.45) is 0. The summed E-state index contributed by atoms with van der Waals surface area (Å²) in [6.45, 7) is 4.66. The van der Waals surface area contributed by atoms with Crippen LogP contribution in [0.15, 0.2) is 217 Å². The second-order valence-corrected chi connectivity index (χ2v) is 20.7. The normalized spacial score (nSPS) is 13.4. The lowest BCUT2D eigenvalue weighted by molar-refractivity contribution is 0.632. The molecule has 0 fully saturated rings. The molecular formula is C57H41N3OSi. The van der Waals surface area contributed by atoms with E-state index in [-0.39, 0.29) is 5.41 Å². The molecule has 1 aliphatic rings. The quantitative estimate of drug-likeness (QED) is 0.124. The average molecular weight is 812 g/mol. The fourth-order valence-corrected chi connectivity index (χ4v) is 15.0. The van der Waals surface area contributed by atoms with Crippen molar-refractivity contribution in [2.75, 3.05) is 4.90 Å². The van der Waals surface area contributed by atoms with Gasteiger partial charge < -0.3 is 9.32 Å². The first kappa shape index (κ1) is 36.3. The highest BCUT2D eigenvalue weighted by molar-refractivity contribution is 7.19. The van der Waals surface area contributed by atoms with E-state index in [2.05, 4.69) is 207 Å². The molecule has 0 N–H and O–H groups in total. The lowest BCUT2D eigenvalue weighted by Crippen LogP contribution is -2.74. The van der Waals surface area contributed by atoms with Crippen LogP contribution < -0.4 is 25.6 Å². The van der Waals surface area contributed by atoms with Crippen molar-refractivity contribution in [2.24, 2.45) is 0 Å².